The zero-order valence-electron chi connectivity index (χ0n) is 8.04. The Kier molecular flexibility index (Phi) is 2.24. The van der Waals surface area contributed by atoms with Gasteiger partial charge in [-0.1, -0.05) is 5.16 Å². The highest BCUT2D eigenvalue weighted by molar-refractivity contribution is 5.87. The van der Waals surface area contributed by atoms with E-state index in [1.54, 1.807) is 13.0 Å². The highest BCUT2D eigenvalue weighted by atomic mass is 16.5. The quantitative estimate of drug-likeness (QED) is 0.809. The van der Waals surface area contributed by atoms with E-state index in [4.69, 9.17) is 9.63 Å². The molecule has 78 valence electrons. The number of carboxylic acid groups (broad SMARTS) is 1. The molecule has 0 saturated heterocycles. The second-order valence-electron chi connectivity index (χ2n) is 3.12. The van der Waals surface area contributed by atoms with E-state index in [1.807, 2.05) is 0 Å². The van der Waals surface area contributed by atoms with Crippen LogP contribution in [0.2, 0.25) is 0 Å². The zero-order valence-corrected chi connectivity index (χ0v) is 8.04. The largest absolute Gasteiger partial charge is 0.477 e. The predicted molar refractivity (Wildman–Crippen MR) is 49.5 cm³/mol. The van der Waals surface area contributed by atoms with Gasteiger partial charge in [0, 0.05) is 11.6 Å². The Morgan fingerprint density at radius 1 is 1.67 bits per heavy atom. The normalized spacial score (nSPS) is 10.5. The van der Waals surface area contributed by atoms with Gasteiger partial charge in [-0.15, -0.1) is 0 Å². The Bertz CT molecular complexity index is 473. The van der Waals surface area contributed by atoms with Crippen LogP contribution < -0.4 is 0 Å². The number of aromatic carboxylic acids is 1. The second-order valence-corrected chi connectivity index (χ2v) is 3.12. The van der Waals surface area contributed by atoms with Crippen molar-refractivity contribution in [2.24, 2.45) is 0 Å². The van der Waals surface area contributed by atoms with Crippen LogP contribution in [0, 0.1) is 6.92 Å². The van der Waals surface area contributed by atoms with Crippen molar-refractivity contribution in [1.82, 2.24) is 14.9 Å². The summed E-state index contributed by atoms with van der Waals surface area (Å²) in [7, 11) is 0. The molecule has 0 aliphatic rings. The Morgan fingerprint density at radius 3 is 3.07 bits per heavy atom. The fourth-order valence-electron chi connectivity index (χ4n) is 1.35. The average molecular weight is 207 g/mol. The van der Waals surface area contributed by atoms with Crippen molar-refractivity contribution < 1.29 is 14.4 Å². The lowest BCUT2D eigenvalue weighted by Gasteiger charge is -2.01. The number of carboxylic acids is 1. The standard InChI is InChI=1S/C9H9N3O3/c1-6-4-10-12(8(6)9(13)14)5-7-2-3-11-15-7/h2-4H,5H2,1H3,(H,13,14). The molecule has 6 heteroatoms. The molecule has 0 aliphatic heterocycles. The average Bonchev–Trinajstić information content (AvgIpc) is 2.76. The van der Waals surface area contributed by atoms with Crippen molar-refractivity contribution in [3.63, 3.8) is 0 Å². The lowest BCUT2D eigenvalue weighted by Crippen LogP contribution is -2.11. The van der Waals surface area contributed by atoms with Gasteiger partial charge in [-0.2, -0.15) is 5.10 Å². The smallest absolute Gasteiger partial charge is 0.354 e. The van der Waals surface area contributed by atoms with Crippen molar-refractivity contribution in [3.05, 3.63) is 35.5 Å². The van der Waals surface area contributed by atoms with Gasteiger partial charge in [0.05, 0.1) is 12.4 Å². The molecule has 0 fully saturated rings. The van der Waals surface area contributed by atoms with Crippen molar-refractivity contribution in [2.75, 3.05) is 0 Å². The first-order valence-corrected chi connectivity index (χ1v) is 4.33. The number of rotatable bonds is 3. The summed E-state index contributed by atoms with van der Waals surface area (Å²) in [6, 6.07) is 1.67. The molecule has 0 atom stereocenters. The number of aryl methyl sites for hydroxylation is 1. The van der Waals surface area contributed by atoms with Gasteiger partial charge in [0.15, 0.2) is 5.76 Å². The lowest BCUT2D eigenvalue weighted by atomic mass is 10.3. The first kappa shape index (κ1) is 9.45. The molecule has 0 radical (unpaired) electrons. The summed E-state index contributed by atoms with van der Waals surface area (Å²) in [4.78, 5) is 10.9. The van der Waals surface area contributed by atoms with Crippen LogP contribution in [0.15, 0.2) is 23.0 Å². The predicted octanol–water partition coefficient (Wildman–Crippen LogP) is 0.926. The van der Waals surface area contributed by atoms with Gasteiger partial charge in [0.2, 0.25) is 0 Å². The summed E-state index contributed by atoms with van der Waals surface area (Å²) in [5, 5.41) is 16.5. The van der Waals surface area contributed by atoms with Crippen LogP contribution >= 0.6 is 0 Å². The van der Waals surface area contributed by atoms with E-state index in [0.717, 1.165) is 0 Å². The Hall–Kier alpha value is -2.11. The molecule has 2 heterocycles. The summed E-state index contributed by atoms with van der Waals surface area (Å²) in [6.07, 6.45) is 3.02. The summed E-state index contributed by atoms with van der Waals surface area (Å²) in [5.41, 5.74) is 0.799. The number of carbonyl (C=O) groups is 1. The Balaban J connectivity index is 2.33. The van der Waals surface area contributed by atoms with Crippen LogP contribution in [-0.4, -0.2) is 26.0 Å². The van der Waals surface area contributed by atoms with Gasteiger partial charge in [0.25, 0.3) is 0 Å². The fourth-order valence-corrected chi connectivity index (χ4v) is 1.35. The minimum Gasteiger partial charge on any atom is -0.477 e. The van der Waals surface area contributed by atoms with Gasteiger partial charge in [-0.3, -0.25) is 4.68 Å². The Labute approximate surface area is 85.1 Å². The second kappa shape index (κ2) is 3.56. The fraction of sp³-hybridized carbons (Fsp3) is 0.222. The minimum atomic E-state index is -0.996. The maximum absolute atomic E-state index is 10.9. The molecule has 15 heavy (non-hydrogen) atoms. The van der Waals surface area contributed by atoms with E-state index >= 15 is 0 Å². The molecule has 2 rings (SSSR count). The summed E-state index contributed by atoms with van der Waals surface area (Å²) >= 11 is 0. The van der Waals surface area contributed by atoms with Crippen LogP contribution in [0.1, 0.15) is 21.8 Å². The maximum atomic E-state index is 10.9. The van der Waals surface area contributed by atoms with Gasteiger partial charge in [-0.25, -0.2) is 4.79 Å². The molecule has 0 amide bonds. The molecule has 1 N–H and O–H groups in total. The van der Waals surface area contributed by atoms with Crippen molar-refractivity contribution in [2.45, 2.75) is 13.5 Å². The summed E-state index contributed by atoms with van der Waals surface area (Å²) < 4.78 is 6.25. The third kappa shape index (κ3) is 1.74. The molecular formula is C9H9N3O3. The van der Waals surface area contributed by atoms with Gasteiger partial charge >= 0.3 is 5.97 Å². The summed E-state index contributed by atoms with van der Waals surface area (Å²) in [5.74, 6) is -0.426. The van der Waals surface area contributed by atoms with E-state index in [0.29, 0.717) is 11.3 Å². The number of aromatic nitrogens is 3. The molecule has 0 spiro atoms. The van der Waals surface area contributed by atoms with E-state index in [1.165, 1.54) is 17.1 Å². The number of hydrogen-bond acceptors (Lipinski definition) is 4. The van der Waals surface area contributed by atoms with Crippen molar-refractivity contribution in [1.29, 1.82) is 0 Å². The van der Waals surface area contributed by atoms with Crippen LogP contribution in [0.5, 0.6) is 0 Å². The zero-order chi connectivity index (χ0) is 10.8. The molecule has 0 unspecified atom stereocenters. The number of hydrogen-bond donors (Lipinski definition) is 1. The molecule has 0 bridgehead atoms. The van der Waals surface area contributed by atoms with Crippen LogP contribution in [0.3, 0.4) is 0 Å². The van der Waals surface area contributed by atoms with Gasteiger partial charge in [-0.05, 0) is 6.92 Å². The third-order valence-electron chi connectivity index (χ3n) is 2.02. The molecule has 0 aliphatic carbocycles. The third-order valence-corrected chi connectivity index (χ3v) is 2.02. The molecule has 0 aromatic carbocycles. The van der Waals surface area contributed by atoms with E-state index < -0.39 is 5.97 Å². The van der Waals surface area contributed by atoms with Crippen molar-refractivity contribution in [3.8, 4) is 0 Å². The van der Waals surface area contributed by atoms with Crippen LogP contribution in [0.4, 0.5) is 0 Å². The monoisotopic (exact) mass is 207 g/mol. The van der Waals surface area contributed by atoms with E-state index in [9.17, 15) is 4.79 Å². The molecular weight excluding hydrogens is 198 g/mol. The van der Waals surface area contributed by atoms with Crippen LogP contribution in [0.25, 0.3) is 0 Å². The molecule has 2 aromatic rings. The number of nitrogens with zero attached hydrogens (tertiary/aromatic N) is 3. The molecule has 2 aromatic heterocycles. The SMILES string of the molecule is Cc1cnn(Cc2ccno2)c1C(=O)O. The van der Waals surface area contributed by atoms with E-state index in [2.05, 4.69) is 10.3 Å². The maximum Gasteiger partial charge on any atom is 0.354 e. The van der Waals surface area contributed by atoms with E-state index in [-0.39, 0.29) is 12.2 Å². The minimum absolute atomic E-state index is 0.173. The highest BCUT2D eigenvalue weighted by Gasteiger charge is 2.15. The van der Waals surface area contributed by atoms with Gasteiger partial charge in [0.1, 0.15) is 12.2 Å². The molecule has 6 nitrogen and oxygen atoms in total. The molecule has 0 saturated carbocycles. The highest BCUT2D eigenvalue weighted by Crippen LogP contribution is 2.09. The van der Waals surface area contributed by atoms with Crippen LogP contribution in [-0.2, 0) is 6.54 Å². The first-order valence-electron chi connectivity index (χ1n) is 4.33. The van der Waals surface area contributed by atoms with Crippen molar-refractivity contribution >= 4 is 5.97 Å². The topological polar surface area (TPSA) is 81.2 Å². The first-order chi connectivity index (χ1) is 7.18. The van der Waals surface area contributed by atoms with Gasteiger partial charge < -0.3 is 9.63 Å². The Morgan fingerprint density at radius 2 is 2.47 bits per heavy atom. The lowest BCUT2D eigenvalue weighted by molar-refractivity contribution is 0.0682. The summed E-state index contributed by atoms with van der Waals surface area (Å²) in [6.45, 7) is 1.98.